The summed E-state index contributed by atoms with van der Waals surface area (Å²) in [5.74, 6) is -1.25. The molecule has 2 bridgehead atoms. The molecule has 2 aliphatic carbocycles. The minimum Gasteiger partial charge on any atom is -0.497 e. The zero-order valence-corrected chi connectivity index (χ0v) is 19.2. The van der Waals surface area contributed by atoms with E-state index in [0.717, 1.165) is 6.42 Å². The lowest BCUT2D eigenvalue weighted by molar-refractivity contribution is -0.123. The molecule has 0 radical (unpaired) electrons. The third-order valence-electron chi connectivity index (χ3n) is 6.83. The van der Waals surface area contributed by atoms with Crippen LogP contribution in [0.2, 0.25) is 0 Å². The fourth-order valence-electron chi connectivity index (χ4n) is 5.23. The highest BCUT2D eigenvalue weighted by molar-refractivity contribution is 6.23. The lowest BCUT2D eigenvalue weighted by Gasteiger charge is -2.18. The molecule has 35 heavy (non-hydrogen) atoms. The molecule has 3 aliphatic rings. The highest BCUT2D eigenvalue weighted by atomic mass is 16.5. The van der Waals surface area contributed by atoms with Crippen molar-refractivity contribution >= 4 is 35.1 Å². The van der Waals surface area contributed by atoms with Gasteiger partial charge in [0.2, 0.25) is 11.8 Å². The Morgan fingerprint density at radius 3 is 2.34 bits per heavy atom. The van der Waals surface area contributed by atoms with Crippen molar-refractivity contribution in [2.75, 3.05) is 31.0 Å². The molecule has 1 N–H and O–H groups in total. The van der Waals surface area contributed by atoms with Gasteiger partial charge < -0.3 is 19.5 Å². The van der Waals surface area contributed by atoms with E-state index in [0.29, 0.717) is 22.9 Å². The van der Waals surface area contributed by atoms with E-state index in [2.05, 4.69) is 5.32 Å². The molecule has 0 unspecified atom stereocenters. The number of methoxy groups -OCH3 is 2. The summed E-state index contributed by atoms with van der Waals surface area (Å²) in [5, 5.41) is 2.62. The molecule has 1 heterocycles. The van der Waals surface area contributed by atoms with E-state index in [1.165, 1.54) is 31.3 Å². The number of imide groups is 1. The number of ether oxygens (including phenoxy) is 3. The standard InChI is InChI=1S/C26H24N2O7/c1-33-18-8-9-19(20(12-18)34-2)27-21(29)13-35-26(32)16-4-3-5-17(11-16)28-24(30)22-14-6-7-15(10-14)23(22)25(28)31/h3-9,11-12,14-15,22-23H,10,13H2,1-2H3,(H,27,29)/t14-,15-,22-,23+/m0/s1. The average Bonchev–Trinajstić information content (AvgIpc) is 3.56. The Bertz CT molecular complexity index is 1220. The first kappa shape index (κ1) is 22.6. The van der Waals surface area contributed by atoms with Gasteiger partial charge in [-0.25, -0.2) is 9.69 Å². The molecule has 0 spiro atoms. The highest BCUT2D eigenvalue weighted by Crippen LogP contribution is 2.53. The molecule has 3 amide bonds. The first-order chi connectivity index (χ1) is 16.9. The summed E-state index contributed by atoms with van der Waals surface area (Å²) >= 11 is 0. The van der Waals surface area contributed by atoms with Gasteiger partial charge in [-0.3, -0.25) is 14.4 Å². The SMILES string of the molecule is COc1ccc(NC(=O)COC(=O)c2cccc(N3C(=O)[C@@H]4[C@H](C3=O)[C@H]3C=C[C@H]4C3)c2)c(OC)c1. The molecule has 2 aromatic rings. The fourth-order valence-corrected chi connectivity index (χ4v) is 5.23. The van der Waals surface area contributed by atoms with Gasteiger partial charge >= 0.3 is 5.97 Å². The second-order valence-electron chi connectivity index (χ2n) is 8.75. The van der Waals surface area contributed by atoms with E-state index in [9.17, 15) is 19.2 Å². The molecule has 9 heteroatoms. The number of fused-ring (bicyclic) bond motifs is 5. The summed E-state index contributed by atoms with van der Waals surface area (Å²) in [6.45, 7) is -0.529. The molecular formula is C26H24N2O7. The zero-order chi connectivity index (χ0) is 24.7. The van der Waals surface area contributed by atoms with E-state index in [1.807, 2.05) is 12.2 Å². The number of hydrogen-bond acceptors (Lipinski definition) is 7. The maximum Gasteiger partial charge on any atom is 0.338 e. The van der Waals surface area contributed by atoms with Gasteiger partial charge in [-0.05, 0) is 48.6 Å². The minimum absolute atomic E-state index is 0.0995. The lowest BCUT2D eigenvalue weighted by Crippen LogP contribution is -2.33. The summed E-state index contributed by atoms with van der Waals surface area (Å²) in [4.78, 5) is 52.2. The van der Waals surface area contributed by atoms with Crippen molar-refractivity contribution in [2.24, 2.45) is 23.7 Å². The largest absolute Gasteiger partial charge is 0.497 e. The predicted molar refractivity (Wildman–Crippen MR) is 125 cm³/mol. The summed E-state index contributed by atoms with van der Waals surface area (Å²) in [7, 11) is 2.98. The minimum atomic E-state index is -0.746. The van der Waals surface area contributed by atoms with Gasteiger partial charge in [0.05, 0.1) is 43.0 Å². The molecule has 1 aliphatic heterocycles. The topological polar surface area (TPSA) is 111 Å². The monoisotopic (exact) mass is 476 g/mol. The number of hydrogen-bond donors (Lipinski definition) is 1. The van der Waals surface area contributed by atoms with Gasteiger partial charge in [0.1, 0.15) is 11.5 Å². The number of nitrogens with one attached hydrogen (secondary N) is 1. The predicted octanol–water partition coefficient (Wildman–Crippen LogP) is 2.81. The summed E-state index contributed by atoms with van der Waals surface area (Å²) in [5.41, 5.74) is 0.864. The van der Waals surface area contributed by atoms with Crippen molar-refractivity contribution in [2.45, 2.75) is 6.42 Å². The number of amides is 3. The van der Waals surface area contributed by atoms with Crippen molar-refractivity contribution in [3.05, 3.63) is 60.2 Å². The Morgan fingerprint density at radius 1 is 0.971 bits per heavy atom. The number of nitrogens with zero attached hydrogens (tertiary/aromatic N) is 1. The van der Waals surface area contributed by atoms with Crippen molar-refractivity contribution in [3.8, 4) is 11.5 Å². The summed E-state index contributed by atoms with van der Waals surface area (Å²) in [6.07, 6.45) is 4.90. The quantitative estimate of drug-likeness (QED) is 0.372. The molecule has 180 valence electrons. The van der Waals surface area contributed by atoms with Gasteiger partial charge in [-0.2, -0.15) is 0 Å². The second-order valence-corrected chi connectivity index (χ2v) is 8.75. The fraction of sp³-hybridized carbons (Fsp3) is 0.308. The van der Waals surface area contributed by atoms with Gasteiger partial charge in [0, 0.05) is 6.07 Å². The van der Waals surface area contributed by atoms with Crippen LogP contribution in [0.25, 0.3) is 0 Å². The van der Waals surface area contributed by atoms with Crippen LogP contribution in [0, 0.1) is 23.7 Å². The molecule has 4 atom stereocenters. The summed E-state index contributed by atoms with van der Waals surface area (Å²) < 4.78 is 15.5. The van der Waals surface area contributed by atoms with Crippen molar-refractivity contribution in [3.63, 3.8) is 0 Å². The van der Waals surface area contributed by atoms with Crippen molar-refractivity contribution < 1.29 is 33.4 Å². The van der Waals surface area contributed by atoms with Gasteiger partial charge in [0.15, 0.2) is 6.61 Å². The molecule has 5 rings (SSSR count). The van der Waals surface area contributed by atoms with Crippen LogP contribution < -0.4 is 19.7 Å². The third-order valence-corrected chi connectivity index (χ3v) is 6.83. The Kier molecular flexibility index (Phi) is 5.76. The smallest absolute Gasteiger partial charge is 0.338 e. The Balaban J connectivity index is 1.23. The molecule has 9 nitrogen and oxygen atoms in total. The van der Waals surface area contributed by atoms with Crippen molar-refractivity contribution in [1.82, 2.24) is 0 Å². The van der Waals surface area contributed by atoms with Crippen LogP contribution in [0.3, 0.4) is 0 Å². The van der Waals surface area contributed by atoms with Gasteiger partial charge in [0.25, 0.3) is 5.91 Å². The number of carbonyl (C=O) groups is 4. The maximum absolute atomic E-state index is 13.0. The number of carbonyl (C=O) groups excluding carboxylic acids is 4. The molecule has 2 aromatic carbocycles. The Hall–Kier alpha value is -4.14. The maximum atomic E-state index is 13.0. The normalized spacial score (nSPS) is 23.9. The van der Waals surface area contributed by atoms with Gasteiger partial charge in [-0.1, -0.05) is 18.2 Å². The molecular weight excluding hydrogens is 452 g/mol. The zero-order valence-electron chi connectivity index (χ0n) is 19.2. The van der Waals surface area contributed by atoms with Gasteiger partial charge in [-0.15, -0.1) is 0 Å². The van der Waals surface area contributed by atoms with Crippen LogP contribution in [0.1, 0.15) is 16.8 Å². The number of anilines is 2. The number of esters is 1. The van der Waals surface area contributed by atoms with E-state index >= 15 is 0 Å². The van der Waals surface area contributed by atoms with E-state index in [-0.39, 0.29) is 41.0 Å². The molecule has 2 fully saturated rings. The first-order valence-electron chi connectivity index (χ1n) is 11.3. The summed E-state index contributed by atoms with van der Waals surface area (Å²) in [6, 6.07) is 11.0. The number of benzene rings is 2. The number of allylic oxidation sites excluding steroid dienone is 2. The average molecular weight is 476 g/mol. The Labute approximate surface area is 201 Å². The molecule has 1 saturated carbocycles. The van der Waals surface area contributed by atoms with E-state index in [4.69, 9.17) is 14.2 Å². The van der Waals surface area contributed by atoms with Crippen LogP contribution >= 0.6 is 0 Å². The van der Waals surface area contributed by atoms with Crippen LogP contribution in [0.5, 0.6) is 11.5 Å². The van der Waals surface area contributed by atoms with Crippen molar-refractivity contribution in [1.29, 1.82) is 0 Å². The Morgan fingerprint density at radius 2 is 1.69 bits per heavy atom. The first-order valence-corrected chi connectivity index (χ1v) is 11.3. The highest BCUT2D eigenvalue weighted by Gasteiger charge is 2.59. The van der Waals surface area contributed by atoms with Crippen LogP contribution in [0.4, 0.5) is 11.4 Å². The third kappa shape index (κ3) is 3.92. The lowest BCUT2D eigenvalue weighted by atomic mass is 9.85. The van der Waals surface area contributed by atoms with E-state index < -0.39 is 18.5 Å². The van der Waals surface area contributed by atoms with E-state index in [1.54, 1.807) is 30.3 Å². The molecule has 0 aromatic heterocycles. The van der Waals surface area contributed by atoms with Crippen LogP contribution in [-0.2, 0) is 19.1 Å². The molecule has 1 saturated heterocycles. The van der Waals surface area contributed by atoms with Crippen LogP contribution in [0.15, 0.2) is 54.6 Å². The number of rotatable bonds is 7. The second kappa shape index (κ2) is 8.90. The van der Waals surface area contributed by atoms with Crippen LogP contribution in [-0.4, -0.2) is 44.5 Å².